The molecule has 0 aromatic carbocycles. The second kappa shape index (κ2) is 73.5. The summed E-state index contributed by atoms with van der Waals surface area (Å²) in [5.74, 6) is 1.67. The van der Waals surface area contributed by atoms with E-state index in [2.05, 4.69) is 55.4 Å². The highest BCUT2D eigenvalue weighted by atomic mass is 13.7. The van der Waals surface area contributed by atoms with Crippen molar-refractivity contribution in [3.63, 3.8) is 0 Å². The van der Waals surface area contributed by atoms with Gasteiger partial charge in [0.2, 0.25) is 0 Å². The summed E-state index contributed by atoms with van der Waals surface area (Å²) in [5.41, 5.74) is 0. The lowest BCUT2D eigenvalue weighted by molar-refractivity contribution is 0.736. The average molecular weight is 251 g/mol. The van der Waals surface area contributed by atoms with Crippen LogP contribution in [-0.4, -0.2) is 0 Å². The van der Waals surface area contributed by atoms with Gasteiger partial charge in [-0.25, -0.2) is 0 Å². The average Bonchev–Trinajstić information content (AvgIpc) is 2.25. The van der Waals surface area contributed by atoms with E-state index in [4.69, 9.17) is 0 Å². The van der Waals surface area contributed by atoms with E-state index < -0.39 is 0 Å². The van der Waals surface area contributed by atoms with Gasteiger partial charge in [-0.3, -0.25) is 0 Å². The minimum atomic E-state index is 0.833. The van der Waals surface area contributed by atoms with E-state index in [1.54, 1.807) is 0 Å². The first-order valence-corrected chi connectivity index (χ1v) is 7.88. The fraction of sp³-hybridized carbons (Fsp3) is 1.00. The first-order valence-electron chi connectivity index (χ1n) is 7.88. The van der Waals surface area contributed by atoms with E-state index >= 15 is 0 Å². The molecule has 0 atom stereocenters. The third-order valence-electron chi connectivity index (χ3n) is 0. The van der Waals surface area contributed by atoms with Crippen molar-refractivity contribution in [1.82, 2.24) is 0 Å². The van der Waals surface area contributed by atoms with Crippen LogP contribution >= 0.6 is 0 Å². The van der Waals surface area contributed by atoms with Gasteiger partial charge in [-0.15, -0.1) is 0 Å². The van der Waals surface area contributed by atoms with Crippen molar-refractivity contribution in [3.8, 4) is 0 Å². The lowest BCUT2D eigenvalue weighted by Crippen LogP contribution is -1.66. The first kappa shape index (κ1) is 36.0. The Morgan fingerprint density at radius 3 is 0.471 bits per heavy atom. The van der Waals surface area contributed by atoms with Crippen molar-refractivity contribution < 1.29 is 0 Å². The Bertz CT molecular complexity index is 23.8. The number of hydrogen-bond acceptors (Lipinski definition) is 0. The molecule has 17 heavy (non-hydrogen) atoms. The van der Waals surface area contributed by atoms with Crippen molar-refractivity contribution in [1.29, 1.82) is 0 Å². The fourth-order valence-corrected chi connectivity index (χ4v) is 0. The van der Waals surface area contributed by atoms with Crippen LogP contribution in [0.25, 0.3) is 0 Å². The quantitative estimate of drug-likeness (QED) is 0.411. The molecule has 0 aromatic heterocycles. The zero-order valence-electron chi connectivity index (χ0n) is 15.9. The van der Waals surface area contributed by atoms with Crippen LogP contribution < -0.4 is 0 Å². The van der Waals surface area contributed by atoms with Gasteiger partial charge in [0.15, 0.2) is 0 Å². The van der Waals surface area contributed by atoms with Crippen LogP contribution in [0.15, 0.2) is 0 Å². The zero-order valence-corrected chi connectivity index (χ0v) is 15.9. The molecular formula is C17H46. The monoisotopic (exact) mass is 250 g/mol. The number of rotatable bonds is 0. The van der Waals surface area contributed by atoms with Crippen molar-refractivity contribution in [3.05, 3.63) is 0 Å². The molecule has 0 heteroatoms. The van der Waals surface area contributed by atoms with Crippen molar-refractivity contribution in [2.75, 3.05) is 0 Å². The molecule has 0 aliphatic carbocycles. The third kappa shape index (κ3) is 0. The Balaban J connectivity index is -0.0000000221. The van der Waals surface area contributed by atoms with Crippen LogP contribution in [0.1, 0.15) is 103 Å². The Kier molecular flexibility index (Phi) is 155. The molecule has 0 saturated carbocycles. The van der Waals surface area contributed by atoms with Gasteiger partial charge >= 0.3 is 0 Å². The van der Waals surface area contributed by atoms with Gasteiger partial charge in [0.25, 0.3) is 0 Å². The van der Waals surface area contributed by atoms with Crippen LogP contribution in [0, 0.1) is 11.8 Å². The fourth-order valence-electron chi connectivity index (χ4n) is 0. The molecule has 0 nitrogen and oxygen atoms in total. The molecule has 0 spiro atoms. The summed E-state index contributed by atoms with van der Waals surface area (Å²) in [6.45, 7) is 29.3. The van der Waals surface area contributed by atoms with Crippen LogP contribution in [0.2, 0.25) is 0 Å². The summed E-state index contributed by atoms with van der Waals surface area (Å²) in [6.07, 6.45) is 1.25. The topological polar surface area (TPSA) is 0 Å². The van der Waals surface area contributed by atoms with E-state index in [1.807, 2.05) is 41.5 Å². The molecule has 0 radical (unpaired) electrons. The van der Waals surface area contributed by atoms with Gasteiger partial charge < -0.3 is 0 Å². The second-order valence-corrected chi connectivity index (χ2v) is 4.17. The normalized spacial score (nSPS) is 6.35. The standard InChI is InChI=1S/2C4H10.C3H8.3C2H6/c2*1-4(2)3;1-3-2;3*1-2/h2*4H,1-3H3;3H2,1-2H3;3*1-2H3. The summed E-state index contributed by atoms with van der Waals surface area (Å²) in [4.78, 5) is 0. The van der Waals surface area contributed by atoms with E-state index in [0.717, 1.165) is 11.8 Å². The molecule has 0 amide bonds. The molecule has 0 aromatic rings. The van der Waals surface area contributed by atoms with Gasteiger partial charge in [0.05, 0.1) is 0 Å². The highest BCUT2D eigenvalue weighted by Crippen LogP contribution is 1.81. The Morgan fingerprint density at radius 2 is 0.471 bits per heavy atom. The summed E-state index contributed by atoms with van der Waals surface area (Å²) < 4.78 is 0. The predicted molar refractivity (Wildman–Crippen MR) is 91.0 cm³/mol. The van der Waals surface area contributed by atoms with Crippen LogP contribution in [-0.2, 0) is 0 Å². The SMILES string of the molecule is CC.CC.CC.CC(C)C.CC(C)C.CCC. The summed E-state index contributed by atoms with van der Waals surface area (Å²) >= 11 is 0. The van der Waals surface area contributed by atoms with Gasteiger partial charge in [-0.2, -0.15) is 0 Å². The lowest BCUT2D eigenvalue weighted by atomic mass is 10.3. The Morgan fingerprint density at radius 1 is 0.471 bits per heavy atom. The molecule has 0 aliphatic rings. The Hall–Kier alpha value is 0. The van der Waals surface area contributed by atoms with Crippen molar-refractivity contribution in [2.45, 2.75) is 103 Å². The minimum Gasteiger partial charge on any atom is -0.0683 e. The zero-order chi connectivity index (χ0) is 15.9. The van der Waals surface area contributed by atoms with Crippen molar-refractivity contribution in [2.24, 2.45) is 11.8 Å². The maximum Gasteiger partial charge on any atom is -0.0500 e. The van der Waals surface area contributed by atoms with E-state index in [9.17, 15) is 0 Å². The summed E-state index contributed by atoms with van der Waals surface area (Å²) in [6, 6.07) is 0. The smallest absolute Gasteiger partial charge is 0.0500 e. The highest BCUT2D eigenvalue weighted by Gasteiger charge is 1.68. The van der Waals surface area contributed by atoms with Crippen LogP contribution in [0.5, 0.6) is 0 Å². The predicted octanol–water partition coefficient (Wildman–Crippen LogP) is 7.82. The van der Waals surface area contributed by atoms with E-state index in [1.165, 1.54) is 6.42 Å². The molecule has 0 N–H and O–H groups in total. The minimum absolute atomic E-state index is 0.833. The molecular weight excluding hydrogens is 204 g/mol. The molecule has 114 valence electrons. The van der Waals surface area contributed by atoms with E-state index in [0.29, 0.717) is 0 Å². The lowest BCUT2D eigenvalue weighted by Gasteiger charge is -1.79. The Labute approximate surface area is 116 Å². The third-order valence-corrected chi connectivity index (χ3v) is 0. The van der Waals surface area contributed by atoms with Crippen molar-refractivity contribution >= 4 is 0 Å². The maximum atomic E-state index is 2.17. The second-order valence-electron chi connectivity index (χ2n) is 4.17. The van der Waals surface area contributed by atoms with Gasteiger partial charge in [0.1, 0.15) is 0 Å². The van der Waals surface area contributed by atoms with Crippen LogP contribution in [0.4, 0.5) is 0 Å². The maximum absolute atomic E-state index is 2.17. The molecule has 0 bridgehead atoms. The van der Waals surface area contributed by atoms with Gasteiger partial charge in [-0.05, 0) is 11.8 Å². The summed E-state index contributed by atoms with van der Waals surface area (Å²) in [7, 11) is 0. The first-order chi connectivity index (χ1) is 7.88. The van der Waals surface area contributed by atoms with Crippen LogP contribution in [0.3, 0.4) is 0 Å². The summed E-state index contributed by atoms with van der Waals surface area (Å²) in [5, 5.41) is 0. The molecule has 0 unspecified atom stereocenters. The molecule has 0 fully saturated rings. The molecule has 0 rings (SSSR count). The largest absolute Gasteiger partial charge is 0.0683 e. The van der Waals surface area contributed by atoms with Gasteiger partial charge in [-0.1, -0.05) is 103 Å². The molecule has 0 saturated heterocycles. The highest BCUT2D eigenvalue weighted by molar-refractivity contribution is 4.21. The number of hydrogen-bond donors (Lipinski definition) is 0. The molecule has 0 heterocycles. The van der Waals surface area contributed by atoms with E-state index in [-0.39, 0.29) is 0 Å². The van der Waals surface area contributed by atoms with Gasteiger partial charge in [0, 0.05) is 0 Å². The molecule has 0 aliphatic heterocycles.